The minimum Gasteiger partial charge on any atom is -0.364 e. The number of fused-ring (bicyclic) bond motifs is 1. The van der Waals surface area contributed by atoms with Crippen LogP contribution < -0.4 is 5.32 Å². The van der Waals surface area contributed by atoms with Crippen LogP contribution in [0.1, 0.15) is 32.1 Å². The molecule has 4 bridgehead atoms. The fourth-order valence-electron chi connectivity index (χ4n) is 6.08. The lowest BCUT2D eigenvalue weighted by Gasteiger charge is -2.54. The zero-order chi connectivity index (χ0) is 18.8. The van der Waals surface area contributed by atoms with Crippen LogP contribution in [0.25, 0.3) is 22.4 Å². The molecule has 4 aliphatic carbocycles. The first-order chi connectivity index (χ1) is 13.6. The topological polar surface area (TPSA) is 66.5 Å². The average molecular weight is 398 g/mol. The fourth-order valence-corrected chi connectivity index (χ4v) is 6.24. The molecule has 3 heterocycles. The van der Waals surface area contributed by atoms with Gasteiger partial charge in [0.2, 0.25) is 0 Å². The minimum atomic E-state index is -0.395. The van der Waals surface area contributed by atoms with Crippen LogP contribution in [-0.2, 0) is 0 Å². The van der Waals surface area contributed by atoms with E-state index in [9.17, 15) is 4.39 Å². The van der Waals surface area contributed by atoms with E-state index in [4.69, 9.17) is 11.6 Å². The number of hydrogen-bond donors (Lipinski definition) is 2. The lowest BCUT2D eigenvalue weighted by Crippen LogP contribution is -2.51. The predicted molar refractivity (Wildman–Crippen MR) is 107 cm³/mol. The second-order valence-corrected chi connectivity index (χ2v) is 9.18. The zero-order valence-corrected chi connectivity index (χ0v) is 16.1. The van der Waals surface area contributed by atoms with Crippen LogP contribution in [0.5, 0.6) is 0 Å². The summed E-state index contributed by atoms with van der Waals surface area (Å²) in [6.07, 6.45) is 11.2. The van der Waals surface area contributed by atoms with Crippen molar-refractivity contribution in [2.45, 2.75) is 38.1 Å². The van der Waals surface area contributed by atoms with Crippen molar-refractivity contribution in [3.05, 3.63) is 35.5 Å². The summed E-state index contributed by atoms with van der Waals surface area (Å²) in [5.74, 6) is 3.45. The number of anilines is 1. The lowest BCUT2D eigenvalue weighted by atomic mass is 9.54. The second kappa shape index (κ2) is 6.14. The maximum Gasteiger partial charge on any atom is 0.183 e. The molecule has 5 nitrogen and oxygen atoms in total. The molecule has 4 aliphatic rings. The van der Waals surface area contributed by atoms with E-state index in [1.165, 1.54) is 38.3 Å². The third kappa shape index (κ3) is 2.61. The predicted octanol–water partition coefficient (Wildman–Crippen LogP) is 5.05. The van der Waals surface area contributed by atoms with E-state index >= 15 is 0 Å². The van der Waals surface area contributed by atoms with Crippen LogP contribution in [0.4, 0.5) is 10.2 Å². The first kappa shape index (κ1) is 16.7. The van der Waals surface area contributed by atoms with Crippen LogP contribution in [-0.4, -0.2) is 26.0 Å². The van der Waals surface area contributed by atoms with E-state index in [1.807, 2.05) is 6.07 Å². The maximum absolute atomic E-state index is 14.6. The Bertz CT molecular complexity index is 1040. The van der Waals surface area contributed by atoms with Crippen molar-refractivity contribution in [3.63, 3.8) is 0 Å². The molecule has 2 N–H and O–H groups in total. The molecule has 0 radical (unpaired) electrons. The highest BCUT2D eigenvalue weighted by Gasteiger charge is 2.48. The van der Waals surface area contributed by atoms with E-state index < -0.39 is 5.82 Å². The molecule has 4 saturated carbocycles. The van der Waals surface area contributed by atoms with Crippen molar-refractivity contribution in [1.82, 2.24) is 19.9 Å². The van der Waals surface area contributed by atoms with Crippen LogP contribution >= 0.6 is 11.6 Å². The Hall–Kier alpha value is -2.21. The Kier molecular flexibility index (Phi) is 3.67. The van der Waals surface area contributed by atoms with Gasteiger partial charge in [0.25, 0.3) is 0 Å². The SMILES string of the molecule is Fc1cnc(-c2c[nH]c3ncc(Cl)cc23)nc1NC1C2CC3CC(C2)CC1C3. The summed E-state index contributed by atoms with van der Waals surface area (Å²) in [4.78, 5) is 16.2. The van der Waals surface area contributed by atoms with Gasteiger partial charge in [-0.05, 0) is 61.8 Å². The molecule has 0 unspecified atom stereocenters. The summed E-state index contributed by atoms with van der Waals surface area (Å²) in [7, 11) is 0. The molecule has 28 heavy (non-hydrogen) atoms. The van der Waals surface area contributed by atoms with Gasteiger partial charge >= 0.3 is 0 Å². The van der Waals surface area contributed by atoms with Crippen LogP contribution in [0.3, 0.4) is 0 Å². The second-order valence-electron chi connectivity index (χ2n) is 8.74. The highest BCUT2D eigenvalue weighted by Crippen LogP contribution is 2.54. The normalized spacial score (nSPS) is 30.9. The van der Waals surface area contributed by atoms with Crippen molar-refractivity contribution in [1.29, 1.82) is 0 Å². The average Bonchev–Trinajstić information content (AvgIpc) is 3.08. The minimum absolute atomic E-state index is 0.312. The third-order valence-electron chi connectivity index (χ3n) is 7.01. The summed E-state index contributed by atoms with van der Waals surface area (Å²) in [5.41, 5.74) is 1.49. The monoisotopic (exact) mass is 397 g/mol. The Morgan fingerprint density at radius 2 is 1.79 bits per heavy atom. The summed E-state index contributed by atoms with van der Waals surface area (Å²) in [6, 6.07) is 2.15. The Morgan fingerprint density at radius 1 is 1.04 bits per heavy atom. The van der Waals surface area contributed by atoms with E-state index in [-0.39, 0.29) is 0 Å². The molecule has 0 aliphatic heterocycles. The van der Waals surface area contributed by atoms with Gasteiger partial charge in [0, 0.05) is 29.4 Å². The zero-order valence-electron chi connectivity index (χ0n) is 15.3. The summed E-state index contributed by atoms with van der Waals surface area (Å²) in [5, 5.41) is 4.85. The van der Waals surface area contributed by atoms with Gasteiger partial charge < -0.3 is 10.3 Å². The number of halogens is 2. The van der Waals surface area contributed by atoms with E-state index in [1.54, 1.807) is 12.4 Å². The highest BCUT2D eigenvalue weighted by molar-refractivity contribution is 6.31. The molecule has 0 spiro atoms. The lowest BCUT2D eigenvalue weighted by molar-refractivity contribution is 0.00731. The van der Waals surface area contributed by atoms with Crippen molar-refractivity contribution in [3.8, 4) is 11.4 Å². The van der Waals surface area contributed by atoms with Gasteiger partial charge in [0.05, 0.1) is 11.2 Å². The molecule has 144 valence electrons. The first-order valence-electron chi connectivity index (χ1n) is 10.1. The molecule has 0 aromatic carbocycles. The van der Waals surface area contributed by atoms with Gasteiger partial charge in [-0.1, -0.05) is 11.6 Å². The van der Waals surface area contributed by atoms with E-state index in [0.717, 1.165) is 22.8 Å². The Morgan fingerprint density at radius 3 is 2.54 bits per heavy atom. The van der Waals surface area contributed by atoms with E-state index in [2.05, 4.69) is 25.3 Å². The van der Waals surface area contributed by atoms with Gasteiger partial charge in [-0.15, -0.1) is 0 Å². The number of nitrogens with zero attached hydrogens (tertiary/aromatic N) is 3. The van der Waals surface area contributed by atoms with Crippen molar-refractivity contribution >= 4 is 28.5 Å². The quantitative estimate of drug-likeness (QED) is 0.649. The Labute approximate surface area is 167 Å². The van der Waals surface area contributed by atoms with Crippen molar-refractivity contribution in [2.24, 2.45) is 23.7 Å². The molecule has 3 aromatic heterocycles. The summed E-state index contributed by atoms with van der Waals surface area (Å²) < 4.78 is 14.6. The molecule has 0 amide bonds. The van der Waals surface area contributed by atoms with Crippen LogP contribution in [0.2, 0.25) is 5.02 Å². The molecule has 3 aromatic rings. The van der Waals surface area contributed by atoms with Crippen LogP contribution in [0, 0.1) is 29.5 Å². The number of H-pyrrole nitrogens is 1. The highest BCUT2D eigenvalue weighted by atomic mass is 35.5. The molecular formula is C21H21ClFN5. The molecule has 0 atom stereocenters. The number of rotatable bonds is 3. The molecular weight excluding hydrogens is 377 g/mol. The first-order valence-corrected chi connectivity index (χ1v) is 10.4. The Balaban J connectivity index is 1.35. The number of hydrogen-bond acceptors (Lipinski definition) is 4. The number of aromatic amines is 1. The number of nitrogens with one attached hydrogen (secondary N) is 2. The van der Waals surface area contributed by atoms with Gasteiger partial charge in [-0.25, -0.2) is 19.3 Å². The standard InChI is InChI=1S/C21H21ClFN5/c22-14-6-15-16(8-25-19(15)24-7-14)20-26-9-17(23)21(28-20)27-18-12-2-10-1-11(4-12)5-13(18)3-10/h6-13,18H,1-5H2,(H,24,25)(H,26,27,28). The summed E-state index contributed by atoms with van der Waals surface area (Å²) >= 11 is 6.10. The molecule has 7 rings (SSSR count). The van der Waals surface area contributed by atoms with Gasteiger partial charge in [0.1, 0.15) is 5.65 Å². The maximum atomic E-state index is 14.6. The number of aromatic nitrogens is 4. The largest absolute Gasteiger partial charge is 0.364 e. The van der Waals surface area contributed by atoms with Crippen molar-refractivity contribution in [2.75, 3.05) is 5.32 Å². The van der Waals surface area contributed by atoms with Crippen LogP contribution in [0.15, 0.2) is 24.7 Å². The van der Waals surface area contributed by atoms with Gasteiger partial charge in [-0.3, -0.25) is 0 Å². The molecule has 0 saturated heterocycles. The third-order valence-corrected chi connectivity index (χ3v) is 7.22. The van der Waals surface area contributed by atoms with Gasteiger partial charge in [0.15, 0.2) is 17.5 Å². The van der Waals surface area contributed by atoms with E-state index in [0.29, 0.717) is 40.2 Å². The molecule has 7 heteroatoms. The summed E-state index contributed by atoms with van der Waals surface area (Å²) in [6.45, 7) is 0. The van der Waals surface area contributed by atoms with Gasteiger partial charge in [-0.2, -0.15) is 0 Å². The smallest absolute Gasteiger partial charge is 0.183 e. The molecule has 4 fully saturated rings. The fraction of sp³-hybridized carbons (Fsp3) is 0.476. The number of pyridine rings is 1. The van der Waals surface area contributed by atoms with Crippen molar-refractivity contribution < 1.29 is 4.39 Å².